The molecule has 10 nitrogen and oxygen atoms in total. The third-order valence-electron chi connectivity index (χ3n) is 8.94. The van der Waals surface area contributed by atoms with Crippen molar-refractivity contribution in [2.45, 2.75) is 130 Å². The Labute approximate surface area is 287 Å². The summed E-state index contributed by atoms with van der Waals surface area (Å²) in [5.41, 5.74) is 1.43. The first-order valence-corrected chi connectivity index (χ1v) is 18.1. The molecule has 1 aliphatic rings. The van der Waals surface area contributed by atoms with E-state index in [1.165, 1.54) is 50.9 Å². The third kappa shape index (κ3) is 13.0. The molecule has 10 heteroatoms. The number of carbonyl (C=O) groups excluding carboxylic acids is 4. The molecule has 1 saturated heterocycles. The number of hydrogen-bond acceptors (Lipinski definition) is 10. The highest BCUT2D eigenvalue weighted by molar-refractivity contribution is 5.93. The minimum absolute atomic E-state index is 0.0533. The largest absolute Gasteiger partial charge is 0.451 e. The molecule has 1 fully saturated rings. The van der Waals surface area contributed by atoms with E-state index in [1.807, 2.05) is 0 Å². The zero-order valence-corrected chi connectivity index (χ0v) is 29.6. The van der Waals surface area contributed by atoms with Crippen LogP contribution < -0.4 is 9.80 Å². The number of unbranched alkanes of at least 4 members (excludes halogenated alkanes) is 10. The topological polar surface area (TPSA) is 119 Å². The van der Waals surface area contributed by atoms with Gasteiger partial charge in [-0.3, -0.25) is 14.6 Å². The molecular formula is C38H56N4O6. The van der Waals surface area contributed by atoms with Gasteiger partial charge in [0, 0.05) is 51.4 Å². The number of ether oxygens (including phenoxy) is 2. The lowest BCUT2D eigenvalue weighted by Gasteiger charge is -2.36. The van der Waals surface area contributed by atoms with Crippen molar-refractivity contribution < 1.29 is 28.7 Å². The maximum absolute atomic E-state index is 12.8. The van der Waals surface area contributed by atoms with Crippen molar-refractivity contribution in [1.29, 1.82) is 0 Å². The molecule has 0 aliphatic carbocycles. The van der Waals surface area contributed by atoms with Crippen LogP contribution in [0.2, 0.25) is 0 Å². The van der Waals surface area contributed by atoms with Crippen LogP contribution in [0.4, 0.5) is 11.5 Å². The average molecular weight is 665 g/mol. The second kappa shape index (κ2) is 21.2. The molecule has 0 bridgehead atoms. The molecule has 0 N–H and O–H groups in total. The summed E-state index contributed by atoms with van der Waals surface area (Å²) in [7, 11) is 0. The number of aromatic nitrogens is 2. The number of Topliss-reactive ketones (excluding diaryl/α,β-unsaturated/α-hetero) is 2. The van der Waals surface area contributed by atoms with Crippen LogP contribution in [0.5, 0.6) is 0 Å². The SMILES string of the molecule is CCCCCCCCC(=O)[C@H](C)OC(=O)c1ccc(N2CCN(c3cncc(C(=O)O[C@@H](C)C(=O)CCCCCCCC)c3)CC2)nc1. The van der Waals surface area contributed by atoms with E-state index in [-0.39, 0.29) is 11.6 Å². The van der Waals surface area contributed by atoms with Crippen LogP contribution >= 0.6 is 0 Å². The van der Waals surface area contributed by atoms with Gasteiger partial charge in [0.05, 0.1) is 23.0 Å². The number of pyridine rings is 2. The number of rotatable bonds is 22. The van der Waals surface area contributed by atoms with Crippen molar-refractivity contribution in [3.05, 3.63) is 47.9 Å². The summed E-state index contributed by atoms with van der Waals surface area (Å²) in [6, 6.07) is 5.23. The molecule has 2 atom stereocenters. The predicted octanol–water partition coefficient (Wildman–Crippen LogP) is 7.53. The van der Waals surface area contributed by atoms with Crippen LogP contribution in [0, 0.1) is 0 Å². The Balaban J connectivity index is 1.42. The number of ketones is 2. The Kier molecular flexibility index (Phi) is 17.1. The normalized spacial score (nSPS) is 14.3. The summed E-state index contributed by atoms with van der Waals surface area (Å²) >= 11 is 0. The lowest BCUT2D eigenvalue weighted by atomic mass is 10.1. The van der Waals surface area contributed by atoms with Crippen molar-refractivity contribution in [3.63, 3.8) is 0 Å². The number of carbonyl (C=O) groups is 4. The van der Waals surface area contributed by atoms with Gasteiger partial charge in [0.25, 0.3) is 0 Å². The monoisotopic (exact) mass is 664 g/mol. The van der Waals surface area contributed by atoms with Crippen molar-refractivity contribution in [3.8, 4) is 0 Å². The van der Waals surface area contributed by atoms with E-state index < -0.39 is 24.1 Å². The van der Waals surface area contributed by atoms with Gasteiger partial charge in [-0.1, -0.05) is 78.1 Å². The van der Waals surface area contributed by atoms with Crippen molar-refractivity contribution in [2.24, 2.45) is 0 Å². The molecule has 0 saturated carbocycles. The summed E-state index contributed by atoms with van der Waals surface area (Å²) in [6.07, 6.45) is 17.1. The van der Waals surface area contributed by atoms with Gasteiger partial charge >= 0.3 is 11.9 Å². The maximum atomic E-state index is 12.8. The van der Waals surface area contributed by atoms with Gasteiger partial charge < -0.3 is 19.3 Å². The molecule has 0 aromatic carbocycles. The van der Waals surface area contributed by atoms with Crippen molar-refractivity contribution in [1.82, 2.24) is 9.97 Å². The zero-order valence-electron chi connectivity index (χ0n) is 29.6. The van der Waals surface area contributed by atoms with Crippen molar-refractivity contribution >= 4 is 35.0 Å². The summed E-state index contributed by atoms with van der Waals surface area (Å²) < 4.78 is 10.9. The third-order valence-corrected chi connectivity index (χ3v) is 8.94. The lowest BCUT2D eigenvalue weighted by Crippen LogP contribution is -2.47. The first kappa shape index (κ1) is 38.6. The molecule has 1 aliphatic heterocycles. The molecule has 0 spiro atoms. The number of esters is 2. The molecule has 0 amide bonds. The summed E-state index contributed by atoms with van der Waals surface area (Å²) in [5.74, 6) is -0.465. The molecule has 48 heavy (non-hydrogen) atoms. The number of nitrogens with zero attached hydrogens (tertiary/aromatic N) is 4. The smallest absolute Gasteiger partial charge is 0.340 e. The van der Waals surface area contributed by atoms with E-state index in [2.05, 4.69) is 33.6 Å². The molecule has 3 heterocycles. The Hall–Kier alpha value is -3.82. The average Bonchev–Trinajstić information content (AvgIpc) is 3.11. The molecule has 2 aromatic heterocycles. The number of hydrogen-bond donors (Lipinski definition) is 0. The second-order valence-corrected chi connectivity index (χ2v) is 12.9. The van der Waals surface area contributed by atoms with E-state index >= 15 is 0 Å². The van der Waals surface area contributed by atoms with E-state index in [0.29, 0.717) is 50.1 Å². The first-order valence-electron chi connectivity index (χ1n) is 18.1. The van der Waals surface area contributed by atoms with Gasteiger partial charge in [0.15, 0.2) is 23.8 Å². The molecule has 264 valence electrons. The van der Waals surface area contributed by atoms with E-state index in [1.54, 1.807) is 38.2 Å². The van der Waals surface area contributed by atoms with E-state index in [0.717, 1.165) is 50.0 Å². The Morgan fingerprint density at radius 3 is 1.67 bits per heavy atom. The molecule has 0 radical (unpaired) electrons. The van der Waals surface area contributed by atoms with E-state index in [9.17, 15) is 19.2 Å². The van der Waals surface area contributed by atoms with Crippen LogP contribution in [0.1, 0.15) is 138 Å². The van der Waals surface area contributed by atoms with E-state index in [4.69, 9.17) is 9.47 Å². The number of piperazine rings is 1. The first-order chi connectivity index (χ1) is 23.2. The van der Waals surface area contributed by atoms with Gasteiger partial charge in [-0.15, -0.1) is 0 Å². The molecular weight excluding hydrogens is 608 g/mol. The van der Waals surface area contributed by atoms with Crippen LogP contribution in [0.15, 0.2) is 36.8 Å². The Bertz CT molecular complexity index is 1290. The fourth-order valence-corrected chi connectivity index (χ4v) is 5.75. The highest BCUT2D eigenvalue weighted by Crippen LogP contribution is 2.21. The molecule has 3 rings (SSSR count). The van der Waals surface area contributed by atoms with Crippen LogP contribution in [0.25, 0.3) is 0 Å². The Morgan fingerprint density at radius 1 is 0.646 bits per heavy atom. The fourth-order valence-electron chi connectivity index (χ4n) is 5.75. The number of anilines is 2. The standard InChI is InChI=1S/C38H56N4O6/c1-5-7-9-11-13-15-17-34(43)29(3)47-37(45)31-19-20-36(40-27-31)42-23-21-41(22-24-42)33-25-32(26-39-28-33)38(46)48-30(4)35(44)18-16-14-12-10-8-6-2/h19-20,25-30H,5-18,21-24H2,1-4H3/t29-,30-/m0/s1. The molecule has 0 unspecified atom stereocenters. The summed E-state index contributed by atoms with van der Waals surface area (Å²) in [4.78, 5) is 63.4. The predicted molar refractivity (Wildman–Crippen MR) is 189 cm³/mol. The van der Waals surface area contributed by atoms with Crippen LogP contribution in [-0.2, 0) is 19.1 Å². The Morgan fingerprint density at radius 2 is 1.15 bits per heavy atom. The van der Waals surface area contributed by atoms with Gasteiger partial charge in [-0.25, -0.2) is 14.6 Å². The quantitative estimate of drug-likeness (QED) is 0.0923. The van der Waals surface area contributed by atoms with Gasteiger partial charge in [0.2, 0.25) is 0 Å². The van der Waals surface area contributed by atoms with Gasteiger partial charge in [0.1, 0.15) is 5.82 Å². The fraction of sp³-hybridized carbons (Fsp3) is 0.632. The highest BCUT2D eigenvalue weighted by atomic mass is 16.5. The lowest BCUT2D eigenvalue weighted by molar-refractivity contribution is -0.127. The summed E-state index contributed by atoms with van der Waals surface area (Å²) in [5, 5.41) is 0. The maximum Gasteiger partial charge on any atom is 0.340 e. The van der Waals surface area contributed by atoms with Crippen LogP contribution in [0.3, 0.4) is 0 Å². The minimum Gasteiger partial charge on any atom is -0.451 e. The highest BCUT2D eigenvalue weighted by Gasteiger charge is 2.23. The minimum atomic E-state index is -0.790. The molecule has 2 aromatic rings. The second-order valence-electron chi connectivity index (χ2n) is 12.9. The van der Waals surface area contributed by atoms with Gasteiger partial charge in [-0.05, 0) is 44.9 Å². The van der Waals surface area contributed by atoms with Crippen molar-refractivity contribution in [2.75, 3.05) is 36.0 Å². The summed E-state index contributed by atoms with van der Waals surface area (Å²) in [6.45, 7) is 10.3. The van der Waals surface area contributed by atoms with Crippen LogP contribution in [-0.4, -0.2) is 71.9 Å². The zero-order chi connectivity index (χ0) is 34.7. The van der Waals surface area contributed by atoms with Gasteiger partial charge in [-0.2, -0.15) is 0 Å².